The molecule has 0 radical (unpaired) electrons. The van der Waals surface area contributed by atoms with E-state index >= 15 is 0 Å². The quantitative estimate of drug-likeness (QED) is 0.179. The average molecular weight is 487 g/mol. The first-order valence-corrected chi connectivity index (χ1v) is 14.2. The Morgan fingerprint density at radius 2 is 1.60 bits per heavy atom. The van der Waals surface area contributed by atoms with Gasteiger partial charge in [0.25, 0.3) is 0 Å². The molecule has 9 atom stereocenters. The lowest BCUT2D eigenvalue weighted by Gasteiger charge is -2.71. The van der Waals surface area contributed by atoms with E-state index < -0.39 is 12.2 Å². The van der Waals surface area contributed by atoms with Crippen LogP contribution in [0, 0.1) is 50.2 Å². The van der Waals surface area contributed by atoms with Gasteiger partial charge in [-0.15, -0.1) is 0 Å². The number of hydrazine groups is 1. The lowest BCUT2D eigenvalue weighted by molar-refractivity contribution is -0.231. The number of nitrogens with one attached hydrogen (secondary N) is 1. The van der Waals surface area contributed by atoms with Crippen molar-refractivity contribution >= 4 is 5.91 Å². The molecule has 9 unspecified atom stereocenters. The van der Waals surface area contributed by atoms with Crippen molar-refractivity contribution in [2.45, 2.75) is 118 Å². The van der Waals surface area contributed by atoms with Crippen molar-refractivity contribution < 1.29 is 15.0 Å². The fraction of sp³-hybridized carbons (Fsp3) is 0.900. The van der Waals surface area contributed by atoms with Crippen molar-refractivity contribution in [1.82, 2.24) is 5.43 Å². The molecular weight excluding hydrogens is 436 g/mol. The molecule has 0 bridgehead atoms. The van der Waals surface area contributed by atoms with Gasteiger partial charge in [0.05, 0.1) is 17.6 Å². The number of carbonyl (C=O) groups excluding carboxylic acids is 1. The predicted molar refractivity (Wildman–Crippen MR) is 139 cm³/mol. The Labute approximate surface area is 212 Å². The fourth-order valence-electron chi connectivity index (χ4n) is 10.9. The van der Waals surface area contributed by atoms with Gasteiger partial charge in [0.2, 0.25) is 5.91 Å². The Morgan fingerprint density at radius 3 is 2.26 bits per heavy atom. The minimum atomic E-state index is -0.668. The van der Waals surface area contributed by atoms with E-state index in [1.54, 1.807) is 0 Å². The molecule has 1 amide bonds. The maximum absolute atomic E-state index is 13.3. The highest BCUT2D eigenvalue weighted by Crippen LogP contribution is 2.75. The zero-order valence-electron chi connectivity index (χ0n) is 23.2. The zero-order chi connectivity index (χ0) is 25.8. The van der Waals surface area contributed by atoms with Gasteiger partial charge in [0, 0.05) is 0 Å². The Hall–Kier alpha value is -0.910. The average Bonchev–Trinajstić information content (AvgIpc) is 2.77. The standard InChI is InChI=1S/C30H50N2O3/c1-25(2)12-14-30(24(35)32-31)15-13-28(6)18(19(30)16-25)8-9-22-27(5)17-20(33)23(34)26(3,4)21(27)10-11-29(22,28)7/h8,19-23,33-34H,9-17,31H2,1-7H3,(H,32,35). The first-order valence-electron chi connectivity index (χ1n) is 14.2. The van der Waals surface area contributed by atoms with Gasteiger partial charge in [0.15, 0.2) is 0 Å². The lowest BCUT2D eigenvalue weighted by Crippen LogP contribution is -2.67. The summed E-state index contributed by atoms with van der Waals surface area (Å²) < 4.78 is 0. The molecule has 0 saturated heterocycles. The zero-order valence-corrected chi connectivity index (χ0v) is 23.2. The maximum Gasteiger partial charge on any atom is 0.240 e. The van der Waals surface area contributed by atoms with E-state index in [1.165, 1.54) is 5.57 Å². The number of rotatable bonds is 1. The topological polar surface area (TPSA) is 95.6 Å². The smallest absolute Gasteiger partial charge is 0.240 e. The second kappa shape index (κ2) is 7.57. The molecule has 5 N–H and O–H groups in total. The molecule has 0 aromatic heterocycles. The van der Waals surface area contributed by atoms with Gasteiger partial charge in [-0.3, -0.25) is 10.2 Å². The summed E-state index contributed by atoms with van der Waals surface area (Å²) in [5.41, 5.74) is 3.75. The molecule has 5 heteroatoms. The van der Waals surface area contributed by atoms with E-state index in [9.17, 15) is 15.0 Å². The Bertz CT molecular complexity index is 942. The van der Waals surface area contributed by atoms with E-state index in [4.69, 9.17) is 5.84 Å². The van der Waals surface area contributed by atoms with E-state index in [1.807, 2.05) is 0 Å². The van der Waals surface area contributed by atoms with Crippen LogP contribution in [0.15, 0.2) is 11.6 Å². The Morgan fingerprint density at radius 1 is 0.943 bits per heavy atom. The van der Waals surface area contributed by atoms with Crippen LogP contribution >= 0.6 is 0 Å². The second-order valence-electron chi connectivity index (χ2n) is 15.4. The minimum absolute atomic E-state index is 0.0187. The lowest BCUT2D eigenvalue weighted by atomic mass is 9.33. The minimum Gasteiger partial charge on any atom is -0.390 e. The maximum atomic E-state index is 13.3. The van der Waals surface area contributed by atoms with Crippen LogP contribution in [0.3, 0.4) is 0 Å². The molecule has 0 aromatic rings. The predicted octanol–water partition coefficient (Wildman–Crippen LogP) is 5.11. The van der Waals surface area contributed by atoms with Gasteiger partial charge in [0.1, 0.15) is 0 Å². The Balaban J connectivity index is 1.61. The van der Waals surface area contributed by atoms with Crippen LogP contribution in [-0.4, -0.2) is 28.3 Å². The van der Waals surface area contributed by atoms with Crippen molar-refractivity contribution in [2.75, 3.05) is 0 Å². The van der Waals surface area contributed by atoms with Gasteiger partial charge < -0.3 is 10.2 Å². The summed E-state index contributed by atoms with van der Waals surface area (Å²) in [4.78, 5) is 13.3. The molecule has 35 heavy (non-hydrogen) atoms. The van der Waals surface area contributed by atoms with Crippen LogP contribution in [0.1, 0.15) is 106 Å². The van der Waals surface area contributed by atoms with E-state index in [-0.39, 0.29) is 44.3 Å². The SMILES string of the molecule is CC1(C)CCC2(C(=O)NN)CCC3(C)C(=CCC4C5(C)CC(O)C(O)C(C)(C)C5CCC43C)C2C1. The number of nitrogens with two attached hydrogens (primary N) is 1. The van der Waals surface area contributed by atoms with Gasteiger partial charge in [-0.1, -0.05) is 60.1 Å². The molecule has 0 aromatic carbocycles. The van der Waals surface area contributed by atoms with Crippen LogP contribution < -0.4 is 11.3 Å². The highest BCUT2D eigenvalue weighted by molar-refractivity contribution is 5.83. The summed E-state index contributed by atoms with van der Waals surface area (Å²) in [6.07, 6.45) is 10.1. The first kappa shape index (κ1) is 25.7. The molecule has 0 heterocycles. The van der Waals surface area contributed by atoms with E-state index in [0.29, 0.717) is 18.3 Å². The third kappa shape index (κ3) is 3.13. The van der Waals surface area contributed by atoms with Crippen molar-refractivity contribution in [1.29, 1.82) is 0 Å². The molecule has 4 saturated carbocycles. The fourth-order valence-corrected chi connectivity index (χ4v) is 10.9. The summed E-state index contributed by atoms with van der Waals surface area (Å²) in [6, 6.07) is 0. The molecular formula is C30H50N2O3. The summed E-state index contributed by atoms with van der Waals surface area (Å²) in [5, 5.41) is 21.9. The summed E-state index contributed by atoms with van der Waals surface area (Å²) in [7, 11) is 0. The van der Waals surface area contributed by atoms with Gasteiger partial charge in [-0.25, -0.2) is 5.84 Å². The molecule has 5 aliphatic carbocycles. The summed E-state index contributed by atoms with van der Waals surface area (Å²) >= 11 is 0. The van der Waals surface area contributed by atoms with E-state index in [0.717, 1.165) is 51.4 Å². The number of fused-ring (bicyclic) bond motifs is 7. The molecule has 5 aliphatic rings. The number of aliphatic hydroxyl groups is 2. The number of carbonyl (C=O) groups is 1. The molecule has 5 rings (SSSR count). The molecule has 0 aliphatic heterocycles. The largest absolute Gasteiger partial charge is 0.390 e. The highest BCUT2D eigenvalue weighted by Gasteiger charge is 2.69. The third-order valence-corrected chi connectivity index (χ3v) is 13.2. The van der Waals surface area contributed by atoms with Gasteiger partial charge >= 0.3 is 0 Å². The molecule has 5 nitrogen and oxygen atoms in total. The monoisotopic (exact) mass is 486 g/mol. The van der Waals surface area contributed by atoms with Gasteiger partial charge in [-0.2, -0.15) is 0 Å². The number of allylic oxidation sites excluding steroid dienone is 2. The summed E-state index contributed by atoms with van der Waals surface area (Å²) in [5.74, 6) is 6.91. The summed E-state index contributed by atoms with van der Waals surface area (Å²) in [6.45, 7) is 16.5. The number of hydrogen-bond acceptors (Lipinski definition) is 4. The Kier molecular flexibility index (Phi) is 5.56. The van der Waals surface area contributed by atoms with Crippen LogP contribution in [0.2, 0.25) is 0 Å². The normalized spacial score (nSPS) is 52.2. The second-order valence-corrected chi connectivity index (χ2v) is 15.4. The molecule has 198 valence electrons. The number of amides is 1. The van der Waals surface area contributed by atoms with Crippen molar-refractivity contribution in [3.63, 3.8) is 0 Å². The van der Waals surface area contributed by atoms with Gasteiger partial charge in [-0.05, 0) is 103 Å². The first-order chi connectivity index (χ1) is 16.1. The third-order valence-electron chi connectivity index (χ3n) is 13.2. The van der Waals surface area contributed by atoms with Crippen LogP contribution in [0.25, 0.3) is 0 Å². The van der Waals surface area contributed by atoms with Crippen LogP contribution in [0.5, 0.6) is 0 Å². The van der Waals surface area contributed by atoms with Crippen molar-refractivity contribution in [3.05, 3.63) is 11.6 Å². The molecule has 4 fully saturated rings. The van der Waals surface area contributed by atoms with Crippen molar-refractivity contribution in [2.24, 2.45) is 56.1 Å². The van der Waals surface area contributed by atoms with E-state index in [2.05, 4.69) is 60.0 Å². The van der Waals surface area contributed by atoms with Crippen LogP contribution in [0.4, 0.5) is 0 Å². The highest BCUT2D eigenvalue weighted by atomic mass is 16.3. The number of hydrogen-bond donors (Lipinski definition) is 4. The molecule has 0 spiro atoms. The van der Waals surface area contributed by atoms with Crippen molar-refractivity contribution in [3.8, 4) is 0 Å². The van der Waals surface area contributed by atoms with Crippen LogP contribution in [-0.2, 0) is 4.79 Å². The number of aliphatic hydroxyl groups excluding tert-OH is 2.